The largest absolute Gasteiger partial charge is 0.508 e. The van der Waals surface area contributed by atoms with Crippen LogP contribution in [0.5, 0.6) is 5.75 Å². The van der Waals surface area contributed by atoms with Crippen molar-refractivity contribution < 1.29 is 9.90 Å². The van der Waals surface area contributed by atoms with E-state index in [-0.39, 0.29) is 11.7 Å². The van der Waals surface area contributed by atoms with E-state index in [9.17, 15) is 4.79 Å². The number of carbonyl (C=O) groups is 1. The summed E-state index contributed by atoms with van der Waals surface area (Å²) in [7, 11) is 0. The average molecular weight is 190 g/mol. The van der Waals surface area contributed by atoms with Gasteiger partial charge in [-0.1, -0.05) is 19.1 Å². The Morgan fingerprint density at radius 1 is 1.29 bits per heavy atom. The highest BCUT2D eigenvalue weighted by Gasteiger charge is 2.31. The minimum atomic E-state index is 0.138. The fraction of sp³-hybridized carbons (Fsp3) is 0.417. The van der Waals surface area contributed by atoms with E-state index < -0.39 is 0 Å². The van der Waals surface area contributed by atoms with Gasteiger partial charge in [0.2, 0.25) is 0 Å². The molecule has 14 heavy (non-hydrogen) atoms. The Labute approximate surface area is 83.6 Å². The molecule has 1 fully saturated rings. The number of benzene rings is 1. The average Bonchev–Trinajstić information content (AvgIpc) is 2.50. The van der Waals surface area contributed by atoms with Gasteiger partial charge in [-0.3, -0.25) is 4.79 Å². The van der Waals surface area contributed by atoms with Crippen molar-refractivity contribution in [3.63, 3.8) is 0 Å². The molecule has 1 N–H and O–H groups in total. The Bertz CT molecular complexity index is 340. The van der Waals surface area contributed by atoms with Gasteiger partial charge in [-0.2, -0.15) is 0 Å². The van der Waals surface area contributed by atoms with E-state index in [0.29, 0.717) is 18.1 Å². The summed E-state index contributed by atoms with van der Waals surface area (Å²) < 4.78 is 0. The van der Waals surface area contributed by atoms with Crippen LogP contribution in [0.25, 0.3) is 0 Å². The molecular formula is C12H14O2. The maximum Gasteiger partial charge on any atom is 0.136 e. The highest BCUT2D eigenvalue weighted by atomic mass is 16.3. The van der Waals surface area contributed by atoms with Crippen LogP contribution >= 0.6 is 0 Å². The van der Waals surface area contributed by atoms with Crippen LogP contribution in [0.1, 0.15) is 31.2 Å². The number of aromatic hydroxyl groups is 1. The molecule has 0 radical (unpaired) electrons. The predicted molar refractivity (Wildman–Crippen MR) is 54.3 cm³/mol. The van der Waals surface area contributed by atoms with Gasteiger partial charge in [-0.15, -0.1) is 0 Å². The Kier molecular flexibility index (Phi) is 2.28. The lowest BCUT2D eigenvalue weighted by Crippen LogP contribution is -2.08. The number of phenols is 1. The molecule has 0 aromatic heterocycles. The number of hydrogen-bond acceptors (Lipinski definition) is 2. The highest BCUT2D eigenvalue weighted by molar-refractivity contribution is 5.84. The molecule has 0 amide bonds. The lowest BCUT2D eigenvalue weighted by Gasteiger charge is -2.14. The van der Waals surface area contributed by atoms with Crippen molar-refractivity contribution in [2.45, 2.75) is 25.7 Å². The van der Waals surface area contributed by atoms with E-state index >= 15 is 0 Å². The Morgan fingerprint density at radius 3 is 2.43 bits per heavy atom. The zero-order valence-corrected chi connectivity index (χ0v) is 8.23. The van der Waals surface area contributed by atoms with Crippen molar-refractivity contribution in [1.29, 1.82) is 0 Å². The van der Waals surface area contributed by atoms with Crippen LogP contribution in [0.4, 0.5) is 0 Å². The fourth-order valence-electron chi connectivity index (χ4n) is 2.18. The van der Waals surface area contributed by atoms with Gasteiger partial charge in [0.25, 0.3) is 0 Å². The van der Waals surface area contributed by atoms with Crippen molar-refractivity contribution >= 4 is 5.78 Å². The summed E-state index contributed by atoms with van der Waals surface area (Å²) in [4.78, 5) is 11.4. The molecule has 2 unspecified atom stereocenters. The maximum absolute atomic E-state index is 11.4. The molecule has 1 aliphatic rings. The normalized spacial score (nSPS) is 26.8. The first-order valence-corrected chi connectivity index (χ1v) is 5.00. The summed E-state index contributed by atoms with van der Waals surface area (Å²) >= 11 is 0. The minimum Gasteiger partial charge on any atom is -0.508 e. The first-order chi connectivity index (χ1) is 6.68. The molecule has 2 atom stereocenters. The number of Topliss-reactive ketones (excluding diaryl/α,β-unsaturated/α-hetero) is 1. The standard InChI is InChI=1S/C12H14O2/c1-8-11(6-7-12(8)14)9-2-4-10(13)5-3-9/h2-5,8,11,13H,6-7H2,1H3. The van der Waals surface area contributed by atoms with E-state index in [2.05, 4.69) is 0 Å². The third-order valence-corrected chi connectivity index (χ3v) is 3.13. The first-order valence-electron chi connectivity index (χ1n) is 5.00. The zero-order valence-electron chi connectivity index (χ0n) is 8.23. The van der Waals surface area contributed by atoms with Crippen molar-refractivity contribution in [3.8, 4) is 5.75 Å². The summed E-state index contributed by atoms with van der Waals surface area (Å²) in [5.74, 6) is 1.14. The summed E-state index contributed by atoms with van der Waals surface area (Å²) in [5, 5.41) is 9.15. The van der Waals surface area contributed by atoms with Gasteiger partial charge in [0, 0.05) is 12.3 Å². The number of rotatable bonds is 1. The fourth-order valence-corrected chi connectivity index (χ4v) is 2.18. The smallest absolute Gasteiger partial charge is 0.136 e. The Balaban J connectivity index is 2.23. The zero-order chi connectivity index (χ0) is 10.1. The molecule has 0 aliphatic heterocycles. The molecule has 0 bridgehead atoms. The molecular weight excluding hydrogens is 176 g/mol. The molecule has 74 valence electrons. The molecule has 0 heterocycles. The van der Waals surface area contributed by atoms with Crippen LogP contribution in [-0.2, 0) is 4.79 Å². The maximum atomic E-state index is 11.4. The van der Waals surface area contributed by atoms with Gasteiger partial charge < -0.3 is 5.11 Å². The summed E-state index contributed by atoms with van der Waals surface area (Å²) in [5.41, 5.74) is 1.17. The molecule has 1 aromatic carbocycles. The van der Waals surface area contributed by atoms with Gasteiger partial charge in [-0.25, -0.2) is 0 Å². The van der Waals surface area contributed by atoms with Crippen molar-refractivity contribution in [2.75, 3.05) is 0 Å². The number of carbonyl (C=O) groups excluding carboxylic acids is 1. The number of ketones is 1. The SMILES string of the molecule is CC1C(=O)CCC1c1ccc(O)cc1. The van der Waals surface area contributed by atoms with E-state index in [1.54, 1.807) is 12.1 Å². The second-order valence-electron chi connectivity index (χ2n) is 3.99. The van der Waals surface area contributed by atoms with Gasteiger partial charge >= 0.3 is 0 Å². The van der Waals surface area contributed by atoms with Gasteiger partial charge in [0.1, 0.15) is 11.5 Å². The molecule has 1 aromatic rings. The van der Waals surface area contributed by atoms with Crippen molar-refractivity contribution in [1.82, 2.24) is 0 Å². The Morgan fingerprint density at radius 2 is 1.93 bits per heavy atom. The van der Waals surface area contributed by atoms with Crippen molar-refractivity contribution in [2.24, 2.45) is 5.92 Å². The molecule has 2 heteroatoms. The minimum absolute atomic E-state index is 0.138. The van der Waals surface area contributed by atoms with Gasteiger partial charge in [0.15, 0.2) is 0 Å². The van der Waals surface area contributed by atoms with E-state index in [4.69, 9.17) is 5.11 Å². The van der Waals surface area contributed by atoms with Crippen LogP contribution in [0, 0.1) is 5.92 Å². The summed E-state index contributed by atoms with van der Waals surface area (Å²) in [6, 6.07) is 7.19. The molecule has 0 saturated heterocycles. The lowest BCUT2D eigenvalue weighted by molar-refractivity contribution is -0.120. The monoisotopic (exact) mass is 190 g/mol. The van der Waals surface area contributed by atoms with Crippen LogP contribution in [-0.4, -0.2) is 10.9 Å². The van der Waals surface area contributed by atoms with Gasteiger partial charge in [0.05, 0.1) is 0 Å². The number of phenolic OH excluding ortho intramolecular Hbond substituents is 1. The van der Waals surface area contributed by atoms with E-state index in [0.717, 1.165) is 6.42 Å². The van der Waals surface area contributed by atoms with Crippen LogP contribution in [0.3, 0.4) is 0 Å². The van der Waals surface area contributed by atoms with Crippen LogP contribution < -0.4 is 0 Å². The highest BCUT2D eigenvalue weighted by Crippen LogP contribution is 2.37. The summed E-state index contributed by atoms with van der Waals surface area (Å²) in [6.07, 6.45) is 1.65. The third-order valence-electron chi connectivity index (χ3n) is 3.13. The predicted octanol–water partition coefficient (Wildman–Crippen LogP) is 2.47. The Hall–Kier alpha value is -1.31. The van der Waals surface area contributed by atoms with Crippen LogP contribution in [0.2, 0.25) is 0 Å². The topological polar surface area (TPSA) is 37.3 Å². The number of hydrogen-bond donors (Lipinski definition) is 1. The second kappa shape index (κ2) is 3.45. The second-order valence-corrected chi connectivity index (χ2v) is 3.99. The summed E-state index contributed by atoms with van der Waals surface area (Å²) in [6.45, 7) is 1.99. The van der Waals surface area contributed by atoms with E-state index in [1.807, 2.05) is 19.1 Å². The van der Waals surface area contributed by atoms with Crippen molar-refractivity contribution in [3.05, 3.63) is 29.8 Å². The molecule has 1 aliphatic carbocycles. The van der Waals surface area contributed by atoms with Gasteiger partial charge in [-0.05, 0) is 30.0 Å². The van der Waals surface area contributed by atoms with Crippen LogP contribution in [0.15, 0.2) is 24.3 Å². The third kappa shape index (κ3) is 1.52. The first kappa shape index (κ1) is 9.25. The molecule has 2 rings (SSSR count). The molecule has 0 spiro atoms. The lowest BCUT2D eigenvalue weighted by atomic mass is 9.90. The quantitative estimate of drug-likeness (QED) is 0.738. The molecule has 2 nitrogen and oxygen atoms in total. The van der Waals surface area contributed by atoms with E-state index in [1.165, 1.54) is 5.56 Å². The molecule has 1 saturated carbocycles.